The van der Waals surface area contributed by atoms with Crippen LogP contribution < -0.4 is 0 Å². The van der Waals surface area contributed by atoms with E-state index in [2.05, 4.69) is 0 Å². The number of hydrogen-bond acceptors (Lipinski definition) is 1. The van der Waals surface area contributed by atoms with Gasteiger partial charge in [-0.1, -0.05) is 36.4 Å². The summed E-state index contributed by atoms with van der Waals surface area (Å²) in [6, 6.07) is 9.75. The van der Waals surface area contributed by atoms with Crippen LogP contribution in [-0.2, 0) is 22.2 Å². The maximum absolute atomic E-state index is 10.5. The molecule has 1 rings (SSSR count). The van der Waals surface area contributed by atoms with Gasteiger partial charge in [-0.25, -0.2) is 0 Å². The Morgan fingerprint density at radius 2 is 1.83 bits per heavy atom. The molecule has 0 bridgehead atoms. The molecule has 0 aliphatic rings. The van der Waals surface area contributed by atoms with Crippen molar-refractivity contribution >= 4 is 11.9 Å². The second-order valence-electron chi connectivity index (χ2n) is 2.35. The summed E-state index contributed by atoms with van der Waals surface area (Å²) in [7, 11) is 0. The predicted molar refractivity (Wildman–Crippen MR) is 46.2 cm³/mol. The monoisotopic (exact) mass is 198 g/mol. The molecule has 0 aliphatic carbocycles. The molecule has 1 nitrogen and oxygen atoms in total. The number of ketones is 1. The van der Waals surface area contributed by atoms with Gasteiger partial charge >= 0.3 is 0 Å². The van der Waals surface area contributed by atoms with E-state index in [-0.39, 0.29) is 23.1 Å². The van der Waals surface area contributed by atoms with E-state index in [1.54, 1.807) is 13.0 Å². The van der Waals surface area contributed by atoms with Crippen molar-refractivity contribution in [2.75, 3.05) is 0 Å². The largest absolute Gasteiger partial charge is 0.295 e. The average Bonchev–Trinajstić information content (AvgIpc) is 2.03. The second-order valence-corrected chi connectivity index (χ2v) is 2.35. The summed E-state index contributed by atoms with van der Waals surface area (Å²) in [5, 5.41) is 0. The van der Waals surface area contributed by atoms with E-state index in [0.29, 0.717) is 0 Å². The molecule has 12 heavy (non-hydrogen) atoms. The average molecular weight is 198 g/mol. The van der Waals surface area contributed by atoms with Gasteiger partial charge in [0, 0.05) is 17.4 Å². The molecule has 2 heteroatoms. The summed E-state index contributed by atoms with van der Waals surface area (Å²) in [6.45, 7) is 1.54. The van der Waals surface area contributed by atoms with Crippen LogP contribution in [0, 0.1) is 0 Å². The molecule has 0 atom stereocenters. The summed E-state index contributed by atoms with van der Waals surface area (Å²) in [6.07, 6.45) is 3.37. The van der Waals surface area contributed by atoms with Gasteiger partial charge in [0.05, 0.1) is 0 Å². The Morgan fingerprint density at radius 3 is 2.33 bits per heavy atom. The van der Waals surface area contributed by atoms with Crippen molar-refractivity contribution in [2.24, 2.45) is 0 Å². The first-order valence-electron chi connectivity index (χ1n) is 3.53. The number of rotatable bonds is 2. The van der Waals surface area contributed by atoms with Crippen molar-refractivity contribution in [3.63, 3.8) is 0 Å². The molecule has 0 amide bonds. The van der Waals surface area contributed by atoms with E-state index in [4.69, 9.17) is 0 Å². The van der Waals surface area contributed by atoms with Crippen molar-refractivity contribution in [1.82, 2.24) is 0 Å². The van der Waals surface area contributed by atoms with Gasteiger partial charge in [-0.15, -0.1) is 0 Å². The van der Waals surface area contributed by atoms with Crippen molar-refractivity contribution in [3.8, 4) is 0 Å². The Labute approximate surface area is 83.2 Å². The van der Waals surface area contributed by atoms with Gasteiger partial charge in [0.25, 0.3) is 0 Å². The smallest absolute Gasteiger partial charge is 0.152 e. The molecule has 0 radical (unpaired) electrons. The molecule has 0 aromatic heterocycles. The number of benzene rings is 1. The molecule has 0 fully saturated rings. The Balaban J connectivity index is 0.00000121. The summed E-state index contributed by atoms with van der Waals surface area (Å²) < 4.78 is 0. The molecule has 0 N–H and O–H groups in total. The molecule has 0 aliphatic heterocycles. The van der Waals surface area contributed by atoms with E-state index < -0.39 is 0 Å². The molecule has 1 aromatic rings. The summed E-state index contributed by atoms with van der Waals surface area (Å²) >= 11 is 0. The zero-order chi connectivity index (χ0) is 8.10. The third-order valence-electron chi connectivity index (χ3n) is 1.31. The van der Waals surface area contributed by atoms with Crippen molar-refractivity contribution < 1.29 is 22.2 Å². The second kappa shape index (κ2) is 5.77. The Morgan fingerprint density at radius 1 is 1.25 bits per heavy atom. The molecule has 0 saturated heterocycles. The SMILES string of the molecule is CC(=O)C=Cc1ccccc1.[Cr]. The van der Waals surface area contributed by atoms with E-state index in [0.717, 1.165) is 5.56 Å². The fourth-order valence-electron chi connectivity index (χ4n) is 0.778. The van der Waals surface area contributed by atoms with Gasteiger partial charge in [0.2, 0.25) is 0 Å². The zero-order valence-corrected chi connectivity index (χ0v) is 8.13. The maximum Gasteiger partial charge on any atom is 0.152 e. The van der Waals surface area contributed by atoms with E-state index in [1.807, 2.05) is 36.4 Å². The van der Waals surface area contributed by atoms with Crippen LogP contribution in [0.15, 0.2) is 36.4 Å². The normalized spacial score (nSPS) is 9.42. The van der Waals surface area contributed by atoms with Crippen LogP contribution in [0.1, 0.15) is 12.5 Å². The van der Waals surface area contributed by atoms with E-state index in [9.17, 15) is 4.79 Å². The fraction of sp³-hybridized carbons (Fsp3) is 0.100. The van der Waals surface area contributed by atoms with Gasteiger partial charge in [-0.2, -0.15) is 0 Å². The minimum Gasteiger partial charge on any atom is -0.295 e. The van der Waals surface area contributed by atoms with Crippen LogP contribution in [0.5, 0.6) is 0 Å². The van der Waals surface area contributed by atoms with Gasteiger partial charge in [0.1, 0.15) is 0 Å². The minimum atomic E-state index is 0. The molecule has 0 spiro atoms. The molecule has 1 aromatic carbocycles. The summed E-state index contributed by atoms with van der Waals surface area (Å²) in [5.41, 5.74) is 1.06. The molecule has 0 heterocycles. The van der Waals surface area contributed by atoms with Crippen LogP contribution in [0.2, 0.25) is 0 Å². The summed E-state index contributed by atoms with van der Waals surface area (Å²) in [5.74, 6) is 0.0776. The zero-order valence-electron chi connectivity index (χ0n) is 6.86. The molecular weight excluding hydrogens is 188 g/mol. The van der Waals surface area contributed by atoms with Crippen molar-refractivity contribution in [2.45, 2.75) is 6.92 Å². The number of carbonyl (C=O) groups excluding carboxylic acids is 1. The number of allylic oxidation sites excluding steroid dienone is 1. The predicted octanol–water partition coefficient (Wildman–Crippen LogP) is 2.29. The summed E-state index contributed by atoms with van der Waals surface area (Å²) in [4.78, 5) is 10.5. The molecular formula is C10H10CrO. The Kier molecular flexibility index (Phi) is 5.36. The Hall–Kier alpha value is -0.838. The van der Waals surface area contributed by atoms with Crippen LogP contribution >= 0.6 is 0 Å². The van der Waals surface area contributed by atoms with Gasteiger partial charge < -0.3 is 0 Å². The third kappa shape index (κ3) is 4.13. The van der Waals surface area contributed by atoms with Crippen molar-refractivity contribution in [3.05, 3.63) is 42.0 Å². The maximum atomic E-state index is 10.5. The molecule has 62 valence electrons. The first kappa shape index (κ1) is 11.2. The van der Waals surface area contributed by atoms with Crippen LogP contribution in [0.3, 0.4) is 0 Å². The quantitative estimate of drug-likeness (QED) is 0.666. The van der Waals surface area contributed by atoms with Gasteiger partial charge in [0.15, 0.2) is 5.78 Å². The van der Waals surface area contributed by atoms with E-state index in [1.165, 1.54) is 0 Å². The minimum absolute atomic E-state index is 0. The van der Waals surface area contributed by atoms with E-state index >= 15 is 0 Å². The molecule has 0 unspecified atom stereocenters. The number of hydrogen-bond donors (Lipinski definition) is 0. The third-order valence-corrected chi connectivity index (χ3v) is 1.31. The van der Waals surface area contributed by atoms with Crippen LogP contribution in [-0.4, -0.2) is 5.78 Å². The topological polar surface area (TPSA) is 17.1 Å². The van der Waals surface area contributed by atoms with Gasteiger partial charge in [-0.05, 0) is 18.6 Å². The van der Waals surface area contributed by atoms with Crippen LogP contribution in [0.4, 0.5) is 0 Å². The van der Waals surface area contributed by atoms with Crippen molar-refractivity contribution in [1.29, 1.82) is 0 Å². The molecule has 0 saturated carbocycles. The fourth-order valence-corrected chi connectivity index (χ4v) is 0.778. The Bertz CT molecular complexity index is 264. The number of carbonyl (C=O) groups is 1. The first-order valence-corrected chi connectivity index (χ1v) is 3.53. The van der Waals surface area contributed by atoms with Crippen LogP contribution in [0.25, 0.3) is 6.08 Å². The van der Waals surface area contributed by atoms with Gasteiger partial charge in [-0.3, -0.25) is 4.79 Å². The standard InChI is InChI=1S/C10H10O.Cr/c1-9(11)7-8-10-5-3-2-4-6-10;/h2-8H,1H3;. The first-order chi connectivity index (χ1) is 5.29.